The number of rotatable bonds is 7. The monoisotopic (exact) mass is 244 g/mol. The molecule has 0 bridgehead atoms. The van der Waals surface area contributed by atoms with Gasteiger partial charge in [0.05, 0.1) is 27.2 Å². The van der Waals surface area contributed by atoms with Gasteiger partial charge in [-0.25, -0.2) is 9.59 Å². The van der Waals surface area contributed by atoms with Gasteiger partial charge in [0.2, 0.25) is 0 Å². The molecule has 0 fully saturated rings. The van der Waals surface area contributed by atoms with Crippen molar-refractivity contribution in [1.82, 2.24) is 0 Å². The van der Waals surface area contributed by atoms with Gasteiger partial charge in [-0.05, 0) is 13.8 Å². The zero-order valence-electron chi connectivity index (χ0n) is 11.0. The Labute approximate surface area is 102 Å². The molecule has 0 amide bonds. The number of nitrogens with zero attached hydrogens (tertiary/aromatic N) is 1. The van der Waals surface area contributed by atoms with E-state index in [1.165, 1.54) is 0 Å². The molecule has 0 radical (unpaired) electrons. The average molecular weight is 244 g/mol. The summed E-state index contributed by atoms with van der Waals surface area (Å²) in [5, 5.41) is 8.92. The Morgan fingerprint density at radius 2 is 1.94 bits per heavy atom. The van der Waals surface area contributed by atoms with E-state index in [1.807, 2.05) is 14.1 Å². The maximum Gasteiger partial charge on any atom is 0.362 e. The Balaban J connectivity index is 4.00. The molecule has 0 aromatic carbocycles. The van der Waals surface area contributed by atoms with E-state index in [1.54, 1.807) is 13.8 Å². The Kier molecular flexibility index (Phi) is 5.88. The highest BCUT2D eigenvalue weighted by Gasteiger charge is 2.29. The van der Waals surface area contributed by atoms with Crippen LogP contribution in [0.25, 0.3) is 0 Å². The van der Waals surface area contributed by atoms with Crippen LogP contribution in [-0.2, 0) is 14.3 Å². The Hall–Kier alpha value is -1.36. The maximum atomic E-state index is 11.1. The summed E-state index contributed by atoms with van der Waals surface area (Å²) in [5.41, 5.74) is 0.373. The number of ether oxygens (including phenoxy) is 1. The van der Waals surface area contributed by atoms with Crippen molar-refractivity contribution >= 4 is 11.9 Å². The second-order valence-corrected chi connectivity index (χ2v) is 4.79. The van der Waals surface area contributed by atoms with E-state index in [9.17, 15) is 9.59 Å². The van der Waals surface area contributed by atoms with Crippen molar-refractivity contribution in [3.63, 3.8) is 0 Å². The van der Waals surface area contributed by atoms with E-state index >= 15 is 0 Å². The SMILES string of the molecule is C=C(C)C(=O)OCCC[N+](C)(C)C(C)C(=O)O. The quantitative estimate of drug-likeness (QED) is 0.314. The average Bonchev–Trinajstić information content (AvgIpc) is 2.22. The summed E-state index contributed by atoms with van der Waals surface area (Å²) in [5.74, 6) is -1.23. The lowest BCUT2D eigenvalue weighted by Crippen LogP contribution is -2.52. The number of aliphatic carboxylic acids is 1. The highest BCUT2D eigenvalue weighted by molar-refractivity contribution is 5.86. The molecule has 98 valence electrons. The molecule has 0 rings (SSSR count). The zero-order chi connectivity index (χ0) is 13.6. The van der Waals surface area contributed by atoms with Crippen molar-refractivity contribution in [1.29, 1.82) is 0 Å². The summed E-state index contributed by atoms with van der Waals surface area (Å²) in [6.45, 7) is 7.67. The predicted molar refractivity (Wildman–Crippen MR) is 64.5 cm³/mol. The minimum atomic E-state index is -0.825. The number of hydrogen-bond acceptors (Lipinski definition) is 3. The van der Waals surface area contributed by atoms with Crippen LogP contribution in [0, 0.1) is 0 Å². The number of carboxylic acid groups (broad SMARTS) is 1. The van der Waals surface area contributed by atoms with Gasteiger partial charge >= 0.3 is 11.9 Å². The third-order valence-electron chi connectivity index (χ3n) is 2.87. The number of carbonyl (C=O) groups is 2. The zero-order valence-corrected chi connectivity index (χ0v) is 11.0. The molecule has 0 aliphatic heterocycles. The van der Waals surface area contributed by atoms with E-state index < -0.39 is 18.0 Å². The predicted octanol–water partition coefficient (Wildman–Crippen LogP) is 1.05. The number of carbonyl (C=O) groups excluding carboxylic acids is 1. The molecule has 5 heteroatoms. The third kappa shape index (κ3) is 5.49. The van der Waals surface area contributed by atoms with Crippen LogP contribution in [-0.4, -0.2) is 54.8 Å². The topological polar surface area (TPSA) is 63.6 Å². The fourth-order valence-electron chi connectivity index (χ4n) is 1.25. The number of carboxylic acids is 1. The van der Waals surface area contributed by atoms with Crippen molar-refractivity contribution in [3.8, 4) is 0 Å². The molecule has 0 saturated carbocycles. The van der Waals surface area contributed by atoms with Crippen LogP contribution in [0.5, 0.6) is 0 Å². The molecule has 5 nitrogen and oxygen atoms in total. The summed E-state index contributed by atoms with van der Waals surface area (Å²) in [6.07, 6.45) is 0.629. The molecular formula is C12H22NO4+. The molecule has 0 aromatic rings. The van der Waals surface area contributed by atoms with Crippen LogP contribution >= 0.6 is 0 Å². The van der Waals surface area contributed by atoms with Gasteiger partial charge in [0.1, 0.15) is 0 Å². The maximum absolute atomic E-state index is 11.1. The lowest BCUT2D eigenvalue weighted by Gasteiger charge is -2.33. The number of esters is 1. The summed E-state index contributed by atoms with van der Waals surface area (Å²) in [7, 11) is 3.69. The molecule has 0 aliphatic carbocycles. The van der Waals surface area contributed by atoms with Gasteiger partial charge in [0.15, 0.2) is 6.04 Å². The van der Waals surface area contributed by atoms with Gasteiger partial charge in [-0.15, -0.1) is 0 Å². The number of hydrogen-bond donors (Lipinski definition) is 1. The van der Waals surface area contributed by atoms with Crippen LogP contribution in [0.1, 0.15) is 20.3 Å². The van der Waals surface area contributed by atoms with Crippen molar-refractivity contribution in [2.24, 2.45) is 0 Å². The van der Waals surface area contributed by atoms with Crippen LogP contribution in [0.4, 0.5) is 0 Å². The second kappa shape index (κ2) is 6.39. The van der Waals surface area contributed by atoms with Gasteiger partial charge in [0, 0.05) is 12.0 Å². The summed E-state index contributed by atoms with van der Waals surface area (Å²) >= 11 is 0. The third-order valence-corrected chi connectivity index (χ3v) is 2.87. The van der Waals surface area contributed by atoms with Crippen molar-refractivity contribution < 1.29 is 23.9 Å². The van der Waals surface area contributed by atoms with Crippen molar-refractivity contribution in [3.05, 3.63) is 12.2 Å². The molecule has 0 heterocycles. The van der Waals surface area contributed by atoms with Crippen LogP contribution < -0.4 is 0 Å². The van der Waals surface area contributed by atoms with Gasteiger partial charge in [-0.2, -0.15) is 0 Å². The van der Waals surface area contributed by atoms with Crippen LogP contribution in [0.2, 0.25) is 0 Å². The molecule has 0 saturated heterocycles. The lowest BCUT2D eigenvalue weighted by atomic mass is 10.2. The standard InChI is InChI=1S/C12H21NO4/c1-9(2)12(16)17-8-6-7-13(4,5)10(3)11(14)15/h10H,1,6-8H2,2-5H3/p+1. The van der Waals surface area contributed by atoms with Gasteiger partial charge in [-0.3, -0.25) is 0 Å². The number of likely N-dealkylation sites (N-methyl/N-ethyl adjacent to an activating group) is 1. The molecule has 1 atom stereocenters. The smallest absolute Gasteiger partial charge is 0.362 e. The Bertz CT molecular complexity index is 310. The molecule has 1 N–H and O–H groups in total. The van der Waals surface area contributed by atoms with E-state index in [-0.39, 0.29) is 0 Å². The van der Waals surface area contributed by atoms with Gasteiger partial charge < -0.3 is 14.3 Å². The first-order chi connectivity index (χ1) is 7.68. The molecule has 0 aliphatic rings. The Morgan fingerprint density at radius 3 is 2.35 bits per heavy atom. The highest BCUT2D eigenvalue weighted by Crippen LogP contribution is 2.08. The first-order valence-corrected chi connectivity index (χ1v) is 5.56. The van der Waals surface area contributed by atoms with E-state index in [2.05, 4.69) is 6.58 Å². The minimum absolute atomic E-state index is 0.291. The van der Waals surface area contributed by atoms with Crippen molar-refractivity contribution in [2.75, 3.05) is 27.2 Å². The van der Waals surface area contributed by atoms with Crippen molar-refractivity contribution in [2.45, 2.75) is 26.3 Å². The molecule has 17 heavy (non-hydrogen) atoms. The van der Waals surface area contributed by atoms with E-state index in [0.717, 1.165) is 0 Å². The normalized spacial score (nSPS) is 12.9. The van der Waals surface area contributed by atoms with E-state index in [4.69, 9.17) is 9.84 Å². The minimum Gasteiger partial charge on any atom is -0.477 e. The molecule has 0 spiro atoms. The van der Waals surface area contributed by atoms with Gasteiger partial charge in [-0.1, -0.05) is 6.58 Å². The summed E-state index contributed by atoms with van der Waals surface area (Å²) in [6, 6.07) is -0.480. The van der Waals surface area contributed by atoms with E-state index in [0.29, 0.717) is 29.6 Å². The first kappa shape index (κ1) is 15.6. The lowest BCUT2D eigenvalue weighted by molar-refractivity contribution is -0.904. The van der Waals surface area contributed by atoms with Gasteiger partial charge in [0.25, 0.3) is 0 Å². The first-order valence-electron chi connectivity index (χ1n) is 5.56. The highest BCUT2D eigenvalue weighted by atomic mass is 16.5. The largest absolute Gasteiger partial charge is 0.477 e. The molecular weight excluding hydrogens is 222 g/mol. The Morgan fingerprint density at radius 1 is 1.41 bits per heavy atom. The molecule has 0 aromatic heterocycles. The van der Waals surface area contributed by atoms with Crippen LogP contribution in [0.15, 0.2) is 12.2 Å². The summed E-state index contributed by atoms with van der Waals surface area (Å²) < 4.78 is 5.30. The van der Waals surface area contributed by atoms with Crippen LogP contribution in [0.3, 0.4) is 0 Å². The second-order valence-electron chi connectivity index (χ2n) is 4.79. The fourth-order valence-corrected chi connectivity index (χ4v) is 1.25. The fraction of sp³-hybridized carbons (Fsp3) is 0.667. The summed E-state index contributed by atoms with van der Waals surface area (Å²) in [4.78, 5) is 22.0. The molecule has 1 unspecified atom stereocenters. The number of quaternary nitrogens is 1.